The quantitative estimate of drug-likeness (QED) is 0.906. The summed E-state index contributed by atoms with van der Waals surface area (Å²) in [6.07, 6.45) is 1.67. The molecule has 0 bridgehead atoms. The summed E-state index contributed by atoms with van der Waals surface area (Å²) in [5, 5.41) is 12.5. The fourth-order valence-corrected chi connectivity index (χ4v) is 2.75. The number of anilines is 2. The molecule has 1 amide bonds. The first-order valence-corrected chi connectivity index (χ1v) is 6.83. The average molecular weight is 286 g/mol. The van der Waals surface area contributed by atoms with E-state index < -0.39 is 0 Å². The lowest BCUT2D eigenvalue weighted by atomic mass is 10.2. The van der Waals surface area contributed by atoms with Crippen molar-refractivity contribution in [3.63, 3.8) is 0 Å². The number of carbonyl (C=O) groups excluding carboxylic acids is 1. The lowest BCUT2D eigenvalue weighted by molar-refractivity contribution is -0.115. The van der Waals surface area contributed by atoms with E-state index in [9.17, 15) is 4.79 Å². The maximum Gasteiger partial charge on any atom is 0.231 e. The van der Waals surface area contributed by atoms with Gasteiger partial charge in [-0.1, -0.05) is 0 Å². The largest absolute Gasteiger partial charge is 0.397 e. The van der Waals surface area contributed by atoms with E-state index in [1.807, 2.05) is 13.8 Å². The molecule has 3 N–H and O–H groups in total. The fourth-order valence-electron chi connectivity index (χ4n) is 1.73. The van der Waals surface area contributed by atoms with E-state index in [2.05, 4.69) is 16.4 Å². The van der Waals surface area contributed by atoms with Crippen LogP contribution in [0.3, 0.4) is 0 Å². The molecule has 0 aromatic carbocycles. The Bertz CT molecular complexity index is 682. The zero-order chi connectivity index (χ0) is 14.7. The molecule has 0 aliphatic rings. The summed E-state index contributed by atoms with van der Waals surface area (Å²) in [7, 11) is 0. The molecule has 0 spiro atoms. The van der Waals surface area contributed by atoms with Crippen molar-refractivity contribution in [3.8, 4) is 6.07 Å². The summed E-state index contributed by atoms with van der Waals surface area (Å²) >= 11 is 1.41. The number of aromatic nitrogens is 1. The van der Waals surface area contributed by atoms with E-state index in [1.165, 1.54) is 17.5 Å². The van der Waals surface area contributed by atoms with E-state index in [1.54, 1.807) is 12.1 Å². The number of hydrogen-bond acceptors (Lipinski definition) is 5. The van der Waals surface area contributed by atoms with Gasteiger partial charge in [0.05, 0.1) is 23.9 Å². The molecule has 0 saturated carbocycles. The Balaban J connectivity index is 2.11. The Morgan fingerprint density at radius 3 is 2.85 bits per heavy atom. The van der Waals surface area contributed by atoms with Crippen LogP contribution in [0.4, 0.5) is 10.7 Å². The van der Waals surface area contributed by atoms with Crippen LogP contribution in [0.15, 0.2) is 18.3 Å². The summed E-state index contributed by atoms with van der Waals surface area (Å²) in [6, 6.07) is 5.54. The van der Waals surface area contributed by atoms with Gasteiger partial charge in [0.15, 0.2) is 0 Å². The highest BCUT2D eigenvalue weighted by molar-refractivity contribution is 7.16. The Hall–Kier alpha value is -2.39. The molecule has 0 aliphatic heterocycles. The van der Waals surface area contributed by atoms with Gasteiger partial charge in [-0.05, 0) is 31.5 Å². The predicted molar refractivity (Wildman–Crippen MR) is 79.5 cm³/mol. The number of pyridine rings is 1. The van der Waals surface area contributed by atoms with Crippen LogP contribution in [-0.4, -0.2) is 10.9 Å². The minimum Gasteiger partial charge on any atom is -0.397 e. The van der Waals surface area contributed by atoms with Gasteiger partial charge in [-0.25, -0.2) is 0 Å². The molecule has 0 saturated heterocycles. The Morgan fingerprint density at radius 2 is 2.25 bits per heavy atom. The number of amides is 1. The minimum absolute atomic E-state index is 0.154. The van der Waals surface area contributed by atoms with Crippen LogP contribution in [0.2, 0.25) is 0 Å². The normalized spacial score (nSPS) is 10.1. The number of nitrogens with zero attached hydrogens (tertiary/aromatic N) is 2. The van der Waals surface area contributed by atoms with Crippen molar-refractivity contribution in [2.24, 2.45) is 0 Å². The molecule has 0 radical (unpaired) electrons. The second-order valence-corrected chi connectivity index (χ2v) is 5.63. The fraction of sp³-hybridized carbons (Fsp3) is 0.214. The third-order valence-electron chi connectivity index (χ3n) is 2.94. The molecule has 2 aromatic heterocycles. The van der Waals surface area contributed by atoms with E-state index in [-0.39, 0.29) is 12.3 Å². The maximum absolute atomic E-state index is 12.0. The van der Waals surface area contributed by atoms with Gasteiger partial charge in [0.1, 0.15) is 11.1 Å². The molecule has 2 aromatic rings. The molecule has 0 atom stereocenters. The van der Waals surface area contributed by atoms with Gasteiger partial charge in [-0.15, -0.1) is 11.3 Å². The first-order valence-electron chi connectivity index (χ1n) is 6.01. The van der Waals surface area contributed by atoms with Crippen LogP contribution in [0.5, 0.6) is 0 Å². The molecule has 0 fully saturated rings. The number of carbonyl (C=O) groups is 1. The molecule has 0 unspecified atom stereocenters. The highest BCUT2D eigenvalue weighted by atomic mass is 32.1. The third-order valence-corrected chi connectivity index (χ3v) is 4.06. The number of hydrogen-bond donors (Lipinski definition) is 2. The zero-order valence-corrected chi connectivity index (χ0v) is 12.0. The average Bonchev–Trinajstić information content (AvgIpc) is 2.67. The van der Waals surface area contributed by atoms with Crippen LogP contribution in [0, 0.1) is 25.2 Å². The summed E-state index contributed by atoms with van der Waals surface area (Å²) in [5.41, 5.74) is 8.19. The second-order valence-electron chi connectivity index (χ2n) is 4.41. The van der Waals surface area contributed by atoms with Gasteiger partial charge in [0, 0.05) is 10.6 Å². The molecule has 0 aliphatic carbocycles. The van der Waals surface area contributed by atoms with E-state index in [0.29, 0.717) is 21.9 Å². The van der Waals surface area contributed by atoms with Crippen molar-refractivity contribution in [1.29, 1.82) is 5.26 Å². The SMILES string of the molecule is Cc1sc(NC(=O)Cc2ccc(N)cn2)c(C#N)c1C. The summed E-state index contributed by atoms with van der Waals surface area (Å²) in [6.45, 7) is 3.81. The third kappa shape index (κ3) is 2.95. The van der Waals surface area contributed by atoms with Crippen LogP contribution in [0.1, 0.15) is 21.7 Å². The predicted octanol–water partition coefficient (Wildman–Crippen LogP) is 2.40. The maximum atomic E-state index is 12.0. The number of nitriles is 1. The van der Waals surface area contributed by atoms with Gasteiger partial charge >= 0.3 is 0 Å². The van der Waals surface area contributed by atoms with Gasteiger partial charge in [-0.3, -0.25) is 9.78 Å². The molecule has 6 heteroatoms. The number of thiophene rings is 1. The second kappa shape index (κ2) is 5.72. The molecular weight excluding hydrogens is 272 g/mol. The van der Waals surface area contributed by atoms with Crippen LogP contribution in [0.25, 0.3) is 0 Å². The lowest BCUT2D eigenvalue weighted by Gasteiger charge is -2.03. The van der Waals surface area contributed by atoms with Gasteiger partial charge < -0.3 is 11.1 Å². The summed E-state index contributed by atoms with van der Waals surface area (Å²) in [5.74, 6) is -0.194. The van der Waals surface area contributed by atoms with E-state index >= 15 is 0 Å². The first-order chi connectivity index (χ1) is 9.51. The van der Waals surface area contributed by atoms with Crippen molar-refractivity contribution in [2.75, 3.05) is 11.1 Å². The van der Waals surface area contributed by atoms with Crippen molar-refractivity contribution in [2.45, 2.75) is 20.3 Å². The highest BCUT2D eigenvalue weighted by Crippen LogP contribution is 2.31. The van der Waals surface area contributed by atoms with Crippen LogP contribution < -0.4 is 11.1 Å². The Labute approximate surface area is 121 Å². The number of nitrogens with one attached hydrogen (secondary N) is 1. The van der Waals surface area contributed by atoms with Crippen LogP contribution >= 0.6 is 11.3 Å². The Kier molecular flexibility index (Phi) is 4.01. The molecular formula is C14H14N4OS. The summed E-state index contributed by atoms with van der Waals surface area (Å²) in [4.78, 5) is 17.1. The number of nitrogens with two attached hydrogens (primary N) is 1. The minimum atomic E-state index is -0.194. The molecule has 102 valence electrons. The molecule has 2 rings (SSSR count). The number of nitrogen functional groups attached to an aromatic ring is 1. The molecule has 2 heterocycles. The van der Waals surface area contributed by atoms with E-state index in [0.717, 1.165) is 10.4 Å². The number of aryl methyl sites for hydroxylation is 1. The van der Waals surface area contributed by atoms with Crippen molar-refractivity contribution in [3.05, 3.63) is 40.0 Å². The van der Waals surface area contributed by atoms with Gasteiger partial charge in [-0.2, -0.15) is 5.26 Å². The topological polar surface area (TPSA) is 91.8 Å². The monoisotopic (exact) mass is 286 g/mol. The van der Waals surface area contributed by atoms with Gasteiger partial charge in [0.25, 0.3) is 0 Å². The van der Waals surface area contributed by atoms with Crippen molar-refractivity contribution in [1.82, 2.24) is 4.98 Å². The van der Waals surface area contributed by atoms with E-state index in [4.69, 9.17) is 11.0 Å². The van der Waals surface area contributed by atoms with Crippen LogP contribution in [-0.2, 0) is 11.2 Å². The zero-order valence-electron chi connectivity index (χ0n) is 11.2. The van der Waals surface area contributed by atoms with Gasteiger partial charge in [0.2, 0.25) is 5.91 Å². The summed E-state index contributed by atoms with van der Waals surface area (Å²) < 4.78 is 0. The lowest BCUT2D eigenvalue weighted by Crippen LogP contribution is -2.15. The van der Waals surface area contributed by atoms with Crippen molar-refractivity contribution >= 4 is 27.9 Å². The molecule has 20 heavy (non-hydrogen) atoms. The first kappa shape index (κ1) is 14.0. The number of rotatable bonds is 3. The smallest absolute Gasteiger partial charge is 0.231 e. The standard InChI is InChI=1S/C14H14N4OS/c1-8-9(2)20-14(12(8)6-15)18-13(19)5-11-4-3-10(16)7-17-11/h3-4,7H,5,16H2,1-2H3,(H,18,19). The Morgan fingerprint density at radius 1 is 1.50 bits per heavy atom. The molecule has 5 nitrogen and oxygen atoms in total. The highest BCUT2D eigenvalue weighted by Gasteiger charge is 2.14. The van der Waals surface area contributed by atoms with Crippen molar-refractivity contribution < 1.29 is 4.79 Å².